The highest BCUT2D eigenvalue weighted by atomic mass is 16.7. The van der Waals surface area contributed by atoms with Crippen LogP contribution in [-0.2, 0) is 9.47 Å². The lowest BCUT2D eigenvalue weighted by Gasteiger charge is -2.46. The van der Waals surface area contributed by atoms with Crippen molar-refractivity contribution >= 4 is 22.6 Å². The number of aliphatic hydroxyl groups excluding tert-OH is 2. The molecular weight excluding hydrogens is 470 g/mol. The van der Waals surface area contributed by atoms with Crippen molar-refractivity contribution < 1.29 is 38.4 Å². The minimum atomic E-state index is -1.37. The number of benzene rings is 2. The van der Waals surface area contributed by atoms with Gasteiger partial charge in [0.1, 0.15) is 41.1 Å². The van der Waals surface area contributed by atoms with Crippen molar-refractivity contribution in [2.75, 3.05) is 19.5 Å². The molecule has 10 heteroatoms. The second kappa shape index (κ2) is 9.90. The Morgan fingerprint density at radius 3 is 2.39 bits per heavy atom. The third-order valence-corrected chi connectivity index (χ3v) is 6.24. The van der Waals surface area contributed by atoms with E-state index in [1.807, 2.05) is 0 Å². The fourth-order valence-electron chi connectivity index (χ4n) is 4.29. The number of aryl methyl sites for hydroxylation is 1. The Kier molecular flexibility index (Phi) is 7.05. The maximum Gasteiger partial charge on any atom is 0.360 e. The quantitative estimate of drug-likeness (QED) is 0.437. The van der Waals surface area contributed by atoms with Gasteiger partial charge in [-0.05, 0) is 63.2 Å². The van der Waals surface area contributed by atoms with Crippen LogP contribution in [0.1, 0.15) is 29.8 Å². The summed E-state index contributed by atoms with van der Waals surface area (Å²) in [5.74, 6) is 0.427. The van der Waals surface area contributed by atoms with E-state index in [4.69, 9.17) is 23.4 Å². The van der Waals surface area contributed by atoms with Crippen molar-refractivity contribution in [1.29, 1.82) is 0 Å². The number of nitrogens with one attached hydrogen (secondary N) is 1. The van der Waals surface area contributed by atoms with E-state index in [1.54, 1.807) is 57.2 Å². The third-order valence-electron chi connectivity index (χ3n) is 6.24. The number of hydrogen-bond donors (Lipinski definition) is 3. The van der Waals surface area contributed by atoms with Gasteiger partial charge in [0.15, 0.2) is 0 Å². The van der Waals surface area contributed by atoms with Crippen LogP contribution in [0.2, 0.25) is 0 Å². The van der Waals surface area contributed by atoms with Crippen LogP contribution in [0.15, 0.2) is 51.7 Å². The van der Waals surface area contributed by atoms with Crippen molar-refractivity contribution in [3.05, 3.63) is 64.0 Å². The van der Waals surface area contributed by atoms with Gasteiger partial charge in [0.2, 0.25) is 6.29 Å². The molecule has 1 aliphatic rings. The predicted molar refractivity (Wildman–Crippen MR) is 131 cm³/mol. The Morgan fingerprint density at radius 1 is 1.06 bits per heavy atom. The first-order chi connectivity index (χ1) is 17.1. The number of carbonyl (C=O) groups is 1. The summed E-state index contributed by atoms with van der Waals surface area (Å²) in [4.78, 5) is 25.2. The molecule has 4 rings (SSSR count). The summed E-state index contributed by atoms with van der Waals surface area (Å²) >= 11 is 0. The predicted octanol–water partition coefficient (Wildman–Crippen LogP) is 2.61. The van der Waals surface area contributed by atoms with Crippen LogP contribution < -0.4 is 20.4 Å². The van der Waals surface area contributed by atoms with E-state index in [-0.39, 0.29) is 11.3 Å². The minimum absolute atomic E-state index is 0.0158. The normalized spacial score (nSPS) is 23.3. The number of methoxy groups -OCH3 is 2. The van der Waals surface area contributed by atoms with Gasteiger partial charge in [0.25, 0.3) is 5.91 Å². The lowest BCUT2D eigenvalue weighted by Crippen LogP contribution is -2.63. The lowest BCUT2D eigenvalue weighted by atomic mass is 9.89. The Morgan fingerprint density at radius 2 is 1.75 bits per heavy atom. The van der Waals surface area contributed by atoms with E-state index in [0.717, 1.165) is 0 Å². The smallest absolute Gasteiger partial charge is 0.360 e. The van der Waals surface area contributed by atoms with Gasteiger partial charge in [-0.15, -0.1) is 0 Å². The second-order valence-electron chi connectivity index (χ2n) is 9.08. The molecule has 1 aliphatic heterocycles. The lowest BCUT2D eigenvalue weighted by molar-refractivity contribution is -0.306. The van der Waals surface area contributed by atoms with Gasteiger partial charge in [0, 0.05) is 23.6 Å². The van der Waals surface area contributed by atoms with Crippen LogP contribution in [0.5, 0.6) is 11.5 Å². The fourth-order valence-corrected chi connectivity index (χ4v) is 4.29. The summed E-state index contributed by atoms with van der Waals surface area (Å²) in [6.07, 6.45) is -4.55. The van der Waals surface area contributed by atoms with Gasteiger partial charge in [-0.25, -0.2) is 4.79 Å². The Balaban J connectivity index is 1.58. The number of fused-ring (bicyclic) bond motifs is 1. The highest BCUT2D eigenvalue weighted by molar-refractivity contribution is 6.04. The SMILES string of the molecule is COc1ccc(C(=O)Nc2cc3ccc(O[C@@H]4OC(C)(C)C(OC)C(O)C4O)c(C)c3oc2=O)cc1. The molecule has 1 fully saturated rings. The first kappa shape index (κ1) is 25.6. The zero-order valence-corrected chi connectivity index (χ0v) is 20.6. The molecule has 2 heterocycles. The highest BCUT2D eigenvalue weighted by Gasteiger charge is 2.50. The molecule has 1 aromatic heterocycles. The van der Waals surface area contributed by atoms with Crippen molar-refractivity contribution in [2.24, 2.45) is 0 Å². The molecule has 4 atom stereocenters. The number of anilines is 1. The molecule has 1 saturated heterocycles. The Bertz CT molecular complexity index is 1320. The van der Waals surface area contributed by atoms with E-state index in [1.165, 1.54) is 20.3 Å². The number of hydrogen-bond acceptors (Lipinski definition) is 9. The van der Waals surface area contributed by atoms with Crippen molar-refractivity contribution in [3.8, 4) is 11.5 Å². The topological polar surface area (TPSA) is 137 Å². The fraction of sp³-hybridized carbons (Fsp3) is 0.385. The van der Waals surface area contributed by atoms with E-state index in [2.05, 4.69) is 5.32 Å². The molecule has 0 bridgehead atoms. The Hall–Kier alpha value is -3.44. The van der Waals surface area contributed by atoms with Crippen LogP contribution >= 0.6 is 0 Å². The zero-order chi connectivity index (χ0) is 26.2. The summed E-state index contributed by atoms with van der Waals surface area (Å²) in [5.41, 5.74) is -0.612. The first-order valence-corrected chi connectivity index (χ1v) is 11.3. The molecule has 0 radical (unpaired) electrons. The summed E-state index contributed by atoms with van der Waals surface area (Å²) in [6.45, 7) is 5.13. The third kappa shape index (κ3) is 4.80. The standard InChI is InChI=1S/C26H29NO9/c1-13-18(34-25-20(29)19(28)22(33-5)26(2,3)36-25)11-8-15-12-17(24(31)35-21(13)15)27-23(30)14-6-9-16(32-4)10-7-14/h6-12,19-20,22,25,28-29H,1-5H3,(H,27,30)/t19?,20?,22?,25-/m1/s1. The van der Waals surface area contributed by atoms with Gasteiger partial charge in [-0.1, -0.05) is 0 Å². The molecule has 3 N–H and O–H groups in total. The average Bonchev–Trinajstić information content (AvgIpc) is 2.85. The number of aliphatic hydroxyl groups is 2. The molecule has 0 saturated carbocycles. The van der Waals surface area contributed by atoms with Crippen molar-refractivity contribution in [2.45, 2.75) is 51.0 Å². The number of amides is 1. The summed E-state index contributed by atoms with van der Waals surface area (Å²) in [7, 11) is 2.95. The summed E-state index contributed by atoms with van der Waals surface area (Å²) in [5, 5.41) is 24.1. The van der Waals surface area contributed by atoms with Crippen molar-refractivity contribution in [3.63, 3.8) is 0 Å². The molecule has 0 aliphatic carbocycles. The molecule has 3 aromatic rings. The molecule has 192 valence electrons. The minimum Gasteiger partial charge on any atom is -0.497 e. The van der Waals surface area contributed by atoms with Crippen molar-refractivity contribution in [1.82, 2.24) is 0 Å². The maximum absolute atomic E-state index is 12.6. The largest absolute Gasteiger partial charge is 0.497 e. The molecule has 2 aromatic carbocycles. The molecule has 10 nitrogen and oxygen atoms in total. The van der Waals surface area contributed by atoms with Crippen LogP contribution in [0.3, 0.4) is 0 Å². The molecule has 1 amide bonds. The zero-order valence-electron chi connectivity index (χ0n) is 20.6. The summed E-state index contributed by atoms with van der Waals surface area (Å²) < 4.78 is 27.6. The molecule has 3 unspecified atom stereocenters. The molecule has 0 spiro atoms. The number of ether oxygens (including phenoxy) is 4. The van der Waals surface area contributed by atoms with Gasteiger partial charge in [-0.3, -0.25) is 4.79 Å². The van der Waals surface area contributed by atoms with Gasteiger partial charge < -0.3 is 38.9 Å². The number of carbonyl (C=O) groups excluding carboxylic acids is 1. The average molecular weight is 500 g/mol. The van der Waals surface area contributed by atoms with Crippen LogP contribution in [0.25, 0.3) is 11.0 Å². The van der Waals surface area contributed by atoms with E-state index in [0.29, 0.717) is 28.0 Å². The highest BCUT2D eigenvalue weighted by Crippen LogP contribution is 2.35. The van der Waals surface area contributed by atoms with E-state index < -0.39 is 41.7 Å². The molecule has 36 heavy (non-hydrogen) atoms. The molecular formula is C26H29NO9. The first-order valence-electron chi connectivity index (χ1n) is 11.3. The second-order valence-corrected chi connectivity index (χ2v) is 9.08. The van der Waals surface area contributed by atoms with Crippen LogP contribution in [0, 0.1) is 6.92 Å². The van der Waals surface area contributed by atoms with Gasteiger partial charge >= 0.3 is 5.63 Å². The van der Waals surface area contributed by atoms with Gasteiger partial charge in [-0.2, -0.15) is 0 Å². The monoisotopic (exact) mass is 499 g/mol. The van der Waals surface area contributed by atoms with E-state index >= 15 is 0 Å². The Labute approximate surface area is 207 Å². The maximum atomic E-state index is 12.6. The van der Waals surface area contributed by atoms with Crippen LogP contribution in [-0.4, -0.2) is 60.5 Å². The van der Waals surface area contributed by atoms with E-state index in [9.17, 15) is 19.8 Å². The summed E-state index contributed by atoms with van der Waals surface area (Å²) in [6, 6.07) is 11.2. The number of rotatable bonds is 6. The van der Waals surface area contributed by atoms with Gasteiger partial charge in [0.05, 0.1) is 12.7 Å². The van der Waals surface area contributed by atoms with Crippen LogP contribution in [0.4, 0.5) is 5.69 Å².